The van der Waals surface area contributed by atoms with Crippen molar-refractivity contribution in [1.29, 1.82) is 0 Å². The second kappa shape index (κ2) is 3.59. The van der Waals surface area contributed by atoms with Crippen LogP contribution in [0, 0.1) is 6.92 Å². The molecule has 0 aliphatic carbocycles. The molecule has 0 amide bonds. The van der Waals surface area contributed by atoms with Gasteiger partial charge in [-0.25, -0.2) is 0 Å². The van der Waals surface area contributed by atoms with Crippen LogP contribution in [0.1, 0.15) is 30.6 Å². The molecular formula is C10H14O2. The highest BCUT2D eigenvalue weighted by molar-refractivity contribution is 5.36. The average Bonchev–Trinajstić information content (AvgIpc) is 2.08. The summed E-state index contributed by atoms with van der Waals surface area (Å²) in [5.74, 6) is 0.250. The van der Waals surface area contributed by atoms with Gasteiger partial charge in [0.2, 0.25) is 0 Å². The fraction of sp³-hybridized carbons (Fsp3) is 0.400. The van der Waals surface area contributed by atoms with Crippen LogP contribution in [0.3, 0.4) is 0 Å². The van der Waals surface area contributed by atoms with Gasteiger partial charge in [0.1, 0.15) is 5.75 Å². The third kappa shape index (κ3) is 1.77. The van der Waals surface area contributed by atoms with Crippen LogP contribution in [0.15, 0.2) is 18.2 Å². The Morgan fingerprint density at radius 2 is 2.08 bits per heavy atom. The quantitative estimate of drug-likeness (QED) is 0.706. The Kier molecular flexibility index (Phi) is 2.71. The van der Waals surface area contributed by atoms with Gasteiger partial charge in [-0.05, 0) is 30.5 Å². The van der Waals surface area contributed by atoms with Crippen LogP contribution in [0.4, 0.5) is 0 Å². The van der Waals surface area contributed by atoms with Crippen molar-refractivity contribution in [1.82, 2.24) is 0 Å². The largest absolute Gasteiger partial charge is 0.508 e. The number of aliphatic hydroxyl groups is 1. The number of aromatic hydroxyl groups is 1. The van der Waals surface area contributed by atoms with E-state index in [2.05, 4.69) is 0 Å². The number of hydrogen-bond acceptors (Lipinski definition) is 2. The number of phenolic OH excluding ortho intramolecular Hbond substituents is 1. The average molecular weight is 166 g/mol. The molecule has 0 radical (unpaired) electrons. The number of benzene rings is 1. The Balaban J connectivity index is 2.96. The molecule has 2 heteroatoms. The molecule has 0 saturated carbocycles. The summed E-state index contributed by atoms with van der Waals surface area (Å²) in [7, 11) is 0. The smallest absolute Gasteiger partial charge is 0.118 e. The SMILES string of the molecule is CCC(O)c1ccc(C)c(O)c1. The highest BCUT2D eigenvalue weighted by Gasteiger charge is 2.05. The van der Waals surface area contributed by atoms with Crippen LogP contribution in [-0.2, 0) is 0 Å². The number of rotatable bonds is 2. The highest BCUT2D eigenvalue weighted by atomic mass is 16.3. The molecule has 12 heavy (non-hydrogen) atoms. The Morgan fingerprint density at radius 1 is 1.42 bits per heavy atom. The van der Waals surface area contributed by atoms with E-state index >= 15 is 0 Å². The Labute approximate surface area is 72.5 Å². The number of aryl methyl sites for hydroxylation is 1. The fourth-order valence-electron chi connectivity index (χ4n) is 1.07. The van der Waals surface area contributed by atoms with Crippen molar-refractivity contribution in [2.24, 2.45) is 0 Å². The monoisotopic (exact) mass is 166 g/mol. The summed E-state index contributed by atoms with van der Waals surface area (Å²) in [4.78, 5) is 0. The Bertz CT molecular complexity index is 269. The van der Waals surface area contributed by atoms with Gasteiger partial charge in [-0.2, -0.15) is 0 Å². The molecule has 0 saturated heterocycles. The van der Waals surface area contributed by atoms with Crippen molar-refractivity contribution in [3.63, 3.8) is 0 Å². The first-order valence-corrected chi connectivity index (χ1v) is 4.12. The maximum absolute atomic E-state index is 9.43. The lowest BCUT2D eigenvalue weighted by Crippen LogP contribution is -1.94. The third-order valence-corrected chi connectivity index (χ3v) is 2.00. The number of aliphatic hydroxyl groups excluding tert-OH is 1. The predicted molar refractivity (Wildman–Crippen MR) is 48.1 cm³/mol. The van der Waals surface area contributed by atoms with E-state index in [0.717, 1.165) is 11.1 Å². The zero-order chi connectivity index (χ0) is 9.14. The second-order valence-corrected chi connectivity index (χ2v) is 2.97. The van der Waals surface area contributed by atoms with Crippen LogP contribution >= 0.6 is 0 Å². The van der Waals surface area contributed by atoms with Crippen LogP contribution in [0.5, 0.6) is 5.75 Å². The molecule has 0 fully saturated rings. The fourth-order valence-corrected chi connectivity index (χ4v) is 1.07. The maximum Gasteiger partial charge on any atom is 0.118 e. The number of hydrogen-bond donors (Lipinski definition) is 2. The van der Waals surface area contributed by atoms with E-state index in [9.17, 15) is 10.2 Å². The molecule has 2 N–H and O–H groups in total. The van der Waals surface area contributed by atoms with Gasteiger partial charge in [-0.1, -0.05) is 19.1 Å². The van der Waals surface area contributed by atoms with Gasteiger partial charge in [0, 0.05) is 0 Å². The Morgan fingerprint density at radius 3 is 2.58 bits per heavy atom. The van der Waals surface area contributed by atoms with E-state index in [4.69, 9.17) is 0 Å². The van der Waals surface area contributed by atoms with Crippen molar-refractivity contribution >= 4 is 0 Å². The molecule has 0 aliphatic rings. The summed E-state index contributed by atoms with van der Waals surface area (Å²) < 4.78 is 0. The molecule has 0 bridgehead atoms. The highest BCUT2D eigenvalue weighted by Crippen LogP contribution is 2.23. The van der Waals surface area contributed by atoms with Gasteiger partial charge in [0.05, 0.1) is 6.10 Å². The van der Waals surface area contributed by atoms with E-state index in [1.54, 1.807) is 6.07 Å². The lowest BCUT2D eigenvalue weighted by molar-refractivity contribution is 0.173. The van der Waals surface area contributed by atoms with E-state index in [1.165, 1.54) is 0 Å². The lowest BCUT2D eigenvalue weighted by atomic mass is 10.1. The summed E-state index contributed by atoms with van der Waals surface area (Å²) in [6, 6.07) is 5.26. The number of phenols is 1. The van der Waals surface area contributed by atoms with E-state index < -0.39 is 6.10 Å². The van der Waals surface area contributed by atoms with Gasteiger partial charge >= 0.3 is 0 Å². The third-order valence-electron chi connectivity index (χ3n) is 2.00. The molecule has 0 heterocycles. The summed E-state index contributed by atoms with van der Waals surface area (Å²) in [5, 5.41) is 18.8. The standard InChI is InChI=1S/C10H14O2/c1-3-9(11)8-5-4-7(2)10(12)6-8/h4-6,9,11-12H,3H2,1-2H3. The minimum Gasteiger partial charge on any atom is -0.508 e. The van der Waals surface area contributed by atoms with Crippen molar-refractivity contribution in [3.8, 4) is 5.75 Å². The Hall–Kier alpha value is -1.02. The summed E-state index contributed by atoms with van der Waals surface area (Å²) >= 11 is 0. The first-order valence-electron chi connectivity index (χ1n) is 4.12. The van der Waals surface area contributed by atoms with Crippen LogP contribution in [0.25, 0.3) is 0 Å². The zero-order valence-electron chi connectivity index (χ0n) is 7.41. The molecule has 1 atom stereocenters. The van der Waals surface area contributed by atoms with Crippen molar-refractivity contribution < 1.29 is 10.2 Å². The molecule has 0 aliphatic heterocycles. The van der Waals surface area contributed by atoms with Crippen LogP contribution in [-0.4, -0.2) is 10.2 Å². The van der Waals surface area contributed by atoms with Gasteiger partial charge in [0.25, 0.3) is 0 Å². The minimum absolute atomic E-state index is 0.250. The first-order chi connectivity index (χ1) is 5.65. The first kappa shape index (κ1) is 9.07. The lowest BCUT2D eigenvalue weighted by Gasteiger charge is -2.08. The topological polar surface area (TPSA) is 40.5 Å². The van der Waals surface area contributed by atoms with E-state index in [1.807, 2.05) is 26.0 Å². The van der Waals surface area contributed by atoms with Crippen molar-refractivity contribution in [3.05, 3.63) is 29.3 Å². The van der Waals surface area contributed by atoms with Crippen LogP contribution in [0.2, 0.25) is 0 Å². The normalized spacial score (nSPS) is 12.9. The van der Waals surface area contributed by atoms with Gasteiger partial charge in [-0.15, -0.1) is 0 Å². The van der Waals surface area contributed by atoms with Crippen molar-refractivity contribution in [2.45, 2.75) is 26.4 Å². The summed E-state index contributed by atoms with van der Waals surface area (Å²) in [6.07, 6.45) is 0.208. The zero-order valence-corrected chi connectivity index (χ0v) is 7.41. The summed E-state index contributed by atoms with van der Waals surface area (Å²) in [6.45, 7) is 3.74. The second-order valence-electron chi connectivity index (χ2n) is 2.97. The maximum atomic E-state index is 9.43. The molecule has 1 rings (SSSR count). The minimum atomic E-state index is -0.462. The molecule has 1 aromatic carbocycles. The molecule has 0 aromatic heterocycles. The molecule has 66 valence electrons. The molecular weight excluding hydrogens is 152 g/mol. The molecule has 0 spiro atoms. The van der Waals surface area contributed by atoms with E-state index in [0.29, 0.717) is 6.42 Å². The van der Waals surface area contributed by atoms with E-state index in [-0.39, 0.29) is 5.75 Å². The van der Waals surface area contributed by atoms with Crippen molar-refractivity contribution in [2.75, 3.05) is 0 Å². The molecule has 1 unspecified atom stereocenters. The molecule has 2 nitrogen and oxygen atoms in total. The van der Waals surface area contributed by atoms with Gasteiger partial charge in [0.15, 0.2) is 0 Å². The van der Waals surface area contributed by atoms with Crippen LogP contribution < -0.4 is 0 Å². The van der Waals surface area contributed by atoms with Gasteiger partial charge in [-0.3, -0.25) is 0 Å². The predicted octanol–water partition coefficient (Wildman–Crippen LogP) is 2.14. The van der Waals surface area contributed by atoms with Gasteiger partial charge < -0.3 is 10.2 Å². The summed E-state index contributed by atoms with van der Waals surface area (Å²) in [5.41, 5.74) is 1.61. The molecule has 1 aromatic rings.